The lowest BCUT2D eigenvalue weighted by molar-refractivity contribution is -0.0994. The van der Waals surface area contributed by atoms with E-state index in [1.165, 1.54) is 17.4 Å². The molecule has 1 atom stereocenters. The first-order valence-electron chi connectivity index (χ1n) is 13.6. The Morgan fingerprint density at radius 1 is 1.22 bits per heavy atom. The van der Waals surface area contributed by atoms with Crippen molar-refractivity contribution in [2.45, 2.75) is 50.4 Å². The number of carbonyl (C=O) groups excluding carboxylic acids is 1. The fourth-order valence-corrected chi connectivity index (χ4v) is 7.21. The van der Waals surface area contributed by atoms with E-state index in [0.29, 0.717) is 63.7 Å². The smallest absolute Gasteiger partial charge is 0.338 e. The van der Waals surface area contributed by atoms with Crippen molar-refractivity contribution in [2.75, 3.05) is 31.2 Å². The molecule has 214 valence electrons. The number of anilines is 1. The largest absolute Gasteiger partial charge is 0.462 e. The summed E-state index contributed by atoms with van der Waals surface area (Å²) in [6.07, 6.45) is 2.79. The minimum Gasteiger partial charge on any atom is -0.462 e. The van der Waals surface area contributed by atoms with Crippen LogP contribution in [0.4, 0.5) is 9.52 Å². The lowest BCUT2D eigenvalue weighted by atomic mass is 9.92. The number of nitrogens with zero attached hydrogens (tertiary/aromatic N) is 3. The van der Waals surface area contributed by atoms with E-state index in [2.05, 4.69) is 15.0 Å². The number of hydrogen-bond donors (Lipinski definition) is 0. The SMILES string of the molecule is CCOC(=O)c1cc(F)c2nc(N3CCC4(CC3)COC(c3c(-c5c(Cl)cccc5Cl)noc3C3CC3)O4)sc2c1. The quantitative estimate of drug-likeness (QED) is 0.205. The summed E-state index contributed by atoms with van der Waals surface area (Å²) >= 11 is 14.4. The number of rotatable bonds is 6. The Labute approximate surface area is 249 Å². The minimum atomic E-state index is -0.649. The Bertz CT molecular complexity index is 1630. The van der Waals surface area contributed by atoms with Gasteiger partial charge in [0.2, 0.25) is 0 Å². The van der Waals surface area contributed by atoms with Gasteiger partial charge in [0.05, 0.1) is 44.7 Å². The molecule has 8 nitrogen and oxygen atoms in total. The fraction of sp³-hybridized carbons (Fsp3) is 0.414. The monoisotopic (exact) mass is 617 g/mol. The highest BCUT2D eigenvalue weighted by Gasteiger charge is 2.48. The van der Waals surface area contributed by atoms with Crippen molar-refractivity contribution < 1.29 is 27.9 Å². The Hall–Kier alpha value is -2.76. The van der Waals surface area contributed by atoms with Crippen LogP contribution in [-0.4, -0.2) is 48.0 Å². The molecule has 1 aliphatic carbocycles. The molecule has 0 radical (unpaired) electrons. The van der Waals surface area contributed by atoms with Crippen LogP contribution in [0, 0.1) is 5.82 Å². The molecule has 41 heavy (non-hydrogen) atoms. The number of ether oxygens (including phenoxy) is 3. The average Bonchev–Trinajstić information content (AvgIpc) is 3.36. The number of fused-ring (bicyclic) bond motifs is 1. The molecule has 1 unspecified atom stereocenters. The van der Waals surface area contributed by atoms with E-state index >= 15 is 0 Å². The molecule has 7 rings (SSSR count). The third-order valence-corrected chi connectivity index (χ3v) is 9.58. The van der Waals surface area contributed by atoms with Gasteiger partial charge in [0, 0.05) is 24.6 Å². The summed E-state index contributed by atoms with van der Waals surface area (Å²) in [6.45, 7) is 3.68. The van der Waals surface area contributed by atoms with Gasteiger partial charge < -0.3 is 23.6 Å². The molecular formula is C29H26Cl2FN3O5S. The molecule has 4 aromatic rings. The van der Waals surface area contributed by atoms with Crippen LogP contribution in [-0.2, 0) is 14.2 Å². The van der Waals surface area contributed by atoms with E-state index < -0.39 is 23.7 Å². The maximum atomic E-state index is 14.8. The number of thiazole rings is 1. The van der Waals surface area contributed by atoms with E-state index in [1.54, 1.807) is 31.2 Å². The average molecular weight is 619 g/mol. The summed E-state index contributed by atoms with van der Waals surface area (Å²) in [4.78, 5) is 18.8. The summed E-state index contributed by atoms with van der Waals surface area (Å²) in [5.41, 5.74) is 1.88. The van der Waals surface area contributed by atoms with Gasteiger partial charge in [-0.05, 0) is 56.9 Å². The van der Waals surface area contributed by atoms with Crippen LogP contribution in [0.15, 0.2) is 34.9 Å². The summed E-state index contributed by atoms with van der Waals surface area (Å²) in [6, 6.07) is 8.17. The summed E-state index contributed by atoms with van der Waals surface area (Å²) in [5.74, 6) is -0.0312. The fourth-order valence-electron chi connectivity index (χ4n) is 5.56. The van der Waals surface area contributed by atoms with Crippen LogP contribution >= 0.6 is 34.5 Å². The van der Waals surface area contributed by atoms with Gasteiger partial charge in [-0.25, -0.2) is 14.2 Å². The second-order valence-electron chi connectivity index (χ2n) is 10.6. The molecule has 0 bridgehead atoms. The van der Waals surface area contributed by atoms with E-state index in [4.69, 9.17) is 41.9 Å². The second kappa shape index (κ2) is 10.5. The van der Waals surface area contributed by atoms with Gasteiger partial charge in [0.25, 0.3) is 0 Å². The predicted octanol–water partition coefficient (Wildman–Crippen LogP) is 7.54. The third-order valence-electron chi connectivity index (χ3n) is 7.89. The topological polar surface area (TPSA) is 86.9 Å². The summed E-state index contributed by atoms with van der Waals surface area (Å²) in [5, 5.41) is 6.05. The molecule has 2 aromatic carbocycles. The highest BCUT2D eigenvalue weighted by Crippen LogP contribution is 2.51. The van der Waals surface area contributed by atoms with Crippen molar-refractivity contribution >= 4 is 55.9 Å². The number of aromatic nitrogens is 2. The van der Waals surface area contributed by atoms with Gasteiger partial charge in [-0.2, -0.15) is 0 Å². The molecule has 12 heteroatoms. The van der Waals surface area contributed by atoms with Crippen molar-refractivity contribution in [3.63, 3.8) is 0 Å². The Morgan fingerprint density at radius 3 is 2.68 bits per heavy atom. The van der Waals surface area contributed by atoms with Gasteiger partial charge in [0.15, 0.2) is 17.2 Å². The molecule has 0 amide bonds. The molecule has 1 spiro atoms. The highest BCUT2D eigenvalue weighted by atomic mass is 35.5. The minimum absolute atomic E-state index is 0.184. The maximum absolute atomic E-state index is 14.8. The molecule has 2 aliphatic heterocycles. The molecule has 1 saturated carbocycles. The molecule has 4 heterocycles. The zero-order valence-electron chi connectivity index (χ0n) is 22.1. The van der Waals surface area contributed by atoms with Gasteiger partial charge in [-0.15, -0.1) is 0 Å². The third kappa shape index (κ3) is 4.89. The summed E-state index contributed by atoms with van der Waals surface area (Å²) < 4.78 is 39.2. The number of benzene rings is 2. The Balaban J connectivity index is 1.10. The zero-order chi connectivity index (χ0) is 28.3. The first-order chi connectivity index (χ1) is 19.9. The molecule has 3 aliphatic rings. The van der Waals surface area contributed by atoms with E-state index in [0.717, 1.165) is 24.2 Å². The first-order valence-corrected chi connectivity index (χ1v) is 15.2. The van der Waals surface area contributed by atoms with E-state index in [1.807, 2.05) is 0 Å². The highest BCUT2D eigenvalue weighted by molar-refractivity contribution is 7.22. The number of hydrogen-bond acceptors (Lipinski definition) is 9. The van der Waals surface area contributed by atoms with Crippen molar-refractivity contribution in [3.05, 3.63) is 63.1 Å². The molecule has 2 aromatic heterocycles. The van der Waals surface area contributed by atoms with Crippen LogP contribution < -0.4 is 4.90 Å². The lowest BCUT2D eigenvalue weighted by Crippen LogP contribution is -2.46. The van der Waals surface area contributed by atoms with Gasteiger partial charge >= 0.3 is 5.97 Å². The molecular weight excluding hydrogens is 592 g/mol. The van der Waals surface area contributed by atoms with Crippen LogP contribution in [0.2, 0.25) is 10.0 Å². The standard InChI is InChI=1S/C29H26Cl2FN3O5S/c1-2-37-26(36)16-12-19(32)23-20(13-16)41-28(33-23)35-10-8-29(9-11-35)14-38-27(39-29)22-24(34-40-25(22)15-6-7-15)21-17(30)4-3-5-18(21)31/h3-5,12-13,15,27H,2,6-11,14H2,1H3. The number of carbonyl (C=O) groups is 1. The van der Waals surface area contributed by atoms with E-state index in [-0.39, 0.29) is 23.6 Å². The van der Waals surface area contributed by atoms with Gasteiger partial charge in [-0.3, -0.25) is 0 Å². The van der Waals surface area contributed by atoms with Gasteiger partial charge in [-0.1, -0.05) is 45.8 Å². The lowest BCUT2D eigenvalue weighted by Gasteiger charge is -2.37. The molecule has 2 saturated heterocycles. The van der Waals surface area contributed by atoms with Crippen LogP contribution in [0.3, 0.4) is 0 Å². The molecule has 0 N–H and O–H groups in total. The number of esters is 1. The maximum Gasteiger partial charge on any atom is 0.338 e. The van der Waals surface area contributed by atoms with Crippen molar-refractivity contribution in [2.24, 2.45) is 0 Å². The van der Waals surface area contributed by atoms with Gasteiger partial charge in [0.1, 0.15) is 17.0 Å². The van der Waals surface area contributed by atoms with E-state index in [9.17, 15) is 9.18 Å². The number of halogens is 3. The van der Waals surface area contributed by atoms with Crippen molar-refractivity contribution in [1.82, 2.24) is 10.1 Å². The van der Waals surface area contributed by atoms with Crippen LogP contribution in [0.1, 0.15) is 66.5 Å². The number of piperidine rings is 1. The summed E-state index contributed by atoms with van der Waals surface area (Å²) in [7, 11) is 0. The first kappa shape index (κ1) is 27.1. The second-order valence-corrected chi connectivity index (χ2v) is 12.5. The Morgan fingerprint density at radius 2 is 1.98 bits per heavy atom. The molecule has 3 fully saturated rings. The van der Waals surface area contributed by atoms with Crippen LogP contribution in [0.25, 0.3) is 21.5 Å². The zero-order valence-corrected chi connectivity index (χ0v) is 24.5. The predicted molar refractivity (Wildman–Crippen MR) is 153 cm³/mol. The van der Waals surface area contributed by atoms with Crippen molar-refractivity contribution in [1.29, 1.82) is 0 Å². The Kier molecular flexibility index (Phi) is 6.94. The van der Waals surface area contributed by atoms with Crippen molar-refractivity contribution in [3.8, 4) is 11.3 Å². The normalized spacial score (nSPS) is 20.3. The van der Waals surface area contributed by atoms with Crippen LogP contribution in [0.5, 0.6) is 0 Å².